The lowest BCUT2D eigenvalue weighted by molar-refractivity contribution is -0.132. The van der Waals surface area contributed by atoms with Gasteiger partial charge in [-0.25, -0.2) is 4.79 Å². The maximum Gasteiger partial charge on any atom is 0.354 e. The van der Waals surface area contributed by atoms with Gasteiger partial charge in [0.2, 0.25) is 5.91 Å². The molecule has 1 fully saturated rings. The molecule has 1 aliphatic rings. The number of aryl methyl sites for hydroxylation is 1. The number of piperazine rings is 1. The number of hydrogen-bond donors (Lipinski definition) is 3. The third kappa shape index (κ3) is 9.74. The quantitative estimate of drug-likeness (QED) is 0.101. The highest BCUT2D eigenvalue weighted by Crippen LogP contribution is 2.28. The van der Waals surface area contributed by atoms with Crippen molar-refractivity contribution in [1.82, 2.24) is 14.8 Å². The number of nitrogens with zero attached hydrogens (tertiary/aromatic N) is 2. The molecule has 5 rings (SSSR count). The van der Waals surface area contributed by atoms with Gasteiger partial charge < -0.3 is 39.6 Å². The lowest BCUT2D eigenvalue weighted by Gasteiger charge is -2.32. The summed E-state index contributed by atoms with van der Waals surface area (Å²) in [5.74, 6) is -0.431. The SMILES string of the molecule is CCOC(=O)c1cc2c(C(=O)Nc3ccc(C(=O)Nc4ccc(C)cc4OCCCCCC(=O)N4CCN(C)CC4)cc3COC)cccc2[nH]1. The van der Waals surface area contributed by atoms with Gasteiger partial charge in [-0.2, -0.15) is 0 Å². The predicted molar refractivity (Wildman–Crippen MR) is 197 cm³/mol. The fourth-order valence-electron chi connectivity index (χ4n) is 5.99. The van der Waals surface area contributed by atoms with Gasteiger partial charge in [-0.3, -0.25) is 14.4 Å². The normalized spacial score (nSPS) is 13.2. The Morgan fingerprint density at radius 3 is 2.39 bits per heavy atom. The van der Waals surface area contributed by atoms with Gasteiger partial charge in [0, 0.05) is 73.0 Å². The van der Waals surface area contributed by atoms with Crippen LogP contribution in [0.3, 0.4) is 0 Å². The number of likely N-dealkylation sites (N-methyl/N-ethyl adjacent to an activating group) is 1. The average Bonchev–Trinajstić information content (AvgIpc) is 3.57. The molecule has 12 heteroatoms. The molecule has 3 amide bonds. The lowest BCUT2D eigenvalue weighted by atomic mass is 10.1. The summed E-state index contributed by atoms with van der Waals surface area (Å²) in [5.41, 5.74) is 4.27. The van der Waals surface area contributed by atoms with Gasteiger partial charge in [-0.1, -0.05) is 12.1 Å². The molecule has 0 radical (unpaired) electrons. The molecule has 1 aliphatic heterocycles. The van der Waals surface area contributed by atoms with Crippen molar-refractivity contribution in [2.45, 2.75) is 46.1 Å². The minimum absolute atomic E-state index is 0.151. The minimum Gasteiger partial charge on any atom is -0.491 e. The van der Waals surface area contributed by atoms with E-state index in [4.69, 9.17) is 14.2 Å². The van der Waals surface area contributed by atoms with Gasteiger partial charge >= 0.3 is 5.97 Å². The van der Waals surface area contributed by atoms with Gasteiger partial charge in [0.1, 0.15) is 11.4 Å². The van der Waals surface area contributed by atoms with Crippen LogP contribution >= 0.6 is 0 Å². The van der Waals surface area contributed by atoms with Crippen LogP contribution in [0.2, 0.25) is 0 Å². The number of unbranched alkanes of at least 4 members (excludes halogenated alkanes) is 2. The summed E-state index contributed by atoms with van der Waals surface area (Å²) >= 11 is 0. The number of esters is 1. The summed E-state index contributed by atoms with van der Waals surface area (Å²) in [5, 5.41) is 6.49. The van der Waals surface area contributed by atoms with E-state index in [0.29, 0.717) is 57.7 Å². The minimum atomic E-state index is -0.498. The summed E-state index contributed by atoms with van der Waals surface area (Å²) in [4.78, 5) is 58.9. The number of benzene rings is 3. The Labute approximate surface area is 298 Å². The highest BCUT2D eigenvalue weighted by atomic mass is 16.5. The molecule has 0 saturated carbocycles. The second kappa shape index (κ2) is 17.6. The number of fused-ring (bicyclic) bond motifs is 1. The molecule has 2 heterocycles. The predicted octanol–water partition coefficient (Wildman–Crippen LogP) is 6.02. The first kappa shape index (κ1) is 37.1. The maximum absolute atomic E-state index is 13.5. The summed E-state index contributed by atoms with van der Waals surface area (Å²) in [6.07, 6.45) is 3.01. The van der Waals surface area contributed by atoms with Crippen molar-refractivity contribution in [3.63, 3.8) is 0 Å². The molecule has 12 nitrogen and oxygen atoms in total. The van der Waals surface area contributed by atoms with E-state index in [9.17, 15) is 19.2 Å². The number of rotatable bonds is 15. The van der Waals surface area contributed by atoms with E-state index in [2.05, 4.69) is 27.6 Å². The van der Waals surface area contributed by atoms with Crippen molar-refractivity contribution >= 4 is 46.0 Å². The zero-order chi connectivity index (χ0) is 36.3. The topological polar surface area (TPSA) is 142 Å². The van der Waals surface area contributed by atoms with Gasteiger partial charge in [-0.15, -0.1) is 0 Å². The summed E-state index contributed by atoms with van der Waals surface area (Å²) < 4.78 is 16.6. The van der Waals surface area contributed by atoms with Crippen LogP contribution in [0.25, 0.3) is 10.9 Å². The number of aromatic amines is 1. The fraction of sp³-hybridized carbons (Fsp3) is 0.385. The van der Waals surface area contributed by atoms with E-state index in [1.165, 1.54) is 7.11 Å². The smallest absolute Gasteiger partial charge is 0.354 e. The maximum atomic E-state index is 13.5. The summed E-state index contributed by atoms with van der Waals surface area (Å²) in [6, 6.07) is 17.4. The molecule has 0 atom stereocenters. The van der Waals surface area contributed by atoms with E-state index in [1.54, 1.807) is 49.4 Å². The van der Waals surface area contributed by atoms with Crippen molar-refractivity contribution < 1.29 is 33.4 Å². The van der Waals surface area contributed by atoms with Crippen molar-refractivity contribution in [3.05, 3.63) is 88.6 Å². The summed E-state index contributed by atoms with van der Waals surface area (Å²) in [6.45, 7) is 7.96. The largest absolute Gasteiger partial charge is 0.491 e. The van der Waals surface area contributed by atoms with Gasteiger partial charge in [-0.05, 0) is 94.3 Å². The Morgan fingerprint density at radius 2 is 1.63 bits per heavy atom. The molecule has 51 heavy (non-hydrogen) atoms. The van der Waals surface area contributed by atoms with Crippen LogP contribution in [0.15, 0.2) is 60.7 Å². The Balaban J connectivity index is 1.19. The molecule has 4 aromatic rings. The van der Waals surface area contributed by atoms with Crippen molar-refractivity contribution in [1.29, 1.82) is 0 Å². The Morgan fingerprint density at radius 1 is 0.863 bits per heavy atom. The first-order valence-electron chi connectivity index (χ1n) is 17.4. The Kier molecular flexibility index (Phi) is 12.8. The Hall–Kier alpha value is -5.20. The number of amides is 3. The average molecular weight is 698 g/mol. The number of H-pyrrole nitrogens is 1. The van der Waals surface area contributed by atoms with E-state index in [-0.39, 0.29) is 36.6 Å². The zero-order valence-corrected chi connectivity index (χ0v) is 29.8. The first-order chi connectivity index (χ1) is 24.7. The number of methoxy groups -OCH3 is 1. The third-order valence-corrected chi connectivity index (χ3v) is 8.85. The number of nitrogens with one attached hydrogen (secondary N) is 3. The second-order valence-electron chi connectivity index (χ2n) is 12.7. The number of hydrogen-bond acceptors (Lipinski definition) is 8. The molecule has 270 valence electrons. The van der Waals surface area contributed by atoms with Crippen molar-refractivity contribution in [2.75, 3.05) is 64.2 Å². The van der Waals surface area contributed by atoms with E-state index in [1.807, 2.05) is 30.0 Å². The zero-order valence-electron chi connectivity index (χ0n) is 29.8. The van der Waals surface area contributed by atoms with E-state index >= 15 is 0 Å². The molecule has 1 aromatic heterocycles. The molecular formula is C39H47N5O7. The molecule has 3 aromatic carbocycles. The molecule has 0 aliphatic carbocycles. The monoisotopic (exact) mass is 697 g/mol. The third-order valence-electron chi connectivity index (χ3n) is 8.85. The molecule has 3 N–H and O–H groups in total. The number of anilines is 2. The van der Waals surface area contributed by atoms with Crippen LogP contribution in [0.1, 0.15) is 74.9 Å². The van der Waals surface area contributed by atoms with Gasteiger partial charge in [0.15, 0.2) is 0 Å². The number of aromatic nitrogens is 1. The summed E-state index contributed by atoms with van der Waals surface area (Å²) in [7, 11) is 3.61. The molecule has 0 bridgehead atoms. The fourth-order valence-corrected chi connectivity index (χ4v) is 5.99. The number of carbonyl (C=O) groups excluding carboxylic acids is 4. The first-order valence-corrected chi connectivity index (χ1v) is 17.4. The second-order valence-corrected chi connectivity index (χ2v) is 12.7. The standard InChI is InChI=1S/C39H47N5O7/c1-5-50-39(48)34-24-30-29(10-9-11-32(30)40-34)38(47)41-31-16-14-27(23-28(31)25-49-4)37(46)42-33-15-13-26(2)22-35(33)51-21-8-6-7-12-36(45)44-19-17-43(3)18-20-44/h9-11,13-16,22-24,40H,5-8,12,17-21,25H2,1-4H3,(H,41,47)(H,42,46). The highest BCUT2D eigenvalue weighted by molar-refractivity contribution is 6.14. The molecule has 0 spiro atoms. The van der Waals surface area contributed by atoms with Crippen LogP contribution in [0, 0.1) is 6.92 Å². The molecule has 0 unspecified atom stereocenters. The van der Waals surface area contributed by atoms with E-state index in [0.717, 1.165) is 51.0 Å². The van der Waals surface area contributed by atoms with Crippen LogP contribution in [-0.2, 0) is 20.9 Å². The molecular weight excluding hydrogens is 650 g/mol. The highest BCUT2D eigenvalue weighted by Gasteiger charge is 2.20. The van der Waals surface area contributed by atoms with Crippen molar-refractivity contribution in [2.24, 2.45) is 0 Å². The molecule has 1 saturated heterocycles. The van der Waals surface area contributed by atoms with E-state index < -0.39 is 5.97 Å². The van der Waals surface area contributed by atoms with Gasteiger partial charge in [0.05, 0.1) is 25.5 Å². The Bertz CT molecular complexity index is 1860. The van der Waals surface area contributed by atoms with Crippen LogP contribution in [0.5, 0.6) is 5.75 Å². The van der Waals surface area contributed by atoms with Crippen LogP contribution in [0.4, 0.5) is 11.4 Å². The lowest BCUT2D eigenvalue weighted by Crippen LogP contribution is -2.47. The van der Waals surface area contributed by atoms with Gasteiger partial charge in [0.25, 0.3) is 11.8 Å². The number of carbonyl (C=O) groups is 4. The van der Waals surface area contributed by atoms with Crippen LogP contribution < -0.4 is 15.4 Å². The number of ether oxygens (including phenoxy) is 3. The van der Waals surface area contributed by atoms with Crippen LogP contribution in [-0.4, -0.2) is 92.0 Å². The van der Waals surface area contributed by atoms with Crippen molar-refractivity contribution in [3.8, 4) is 5.75 Å².